The molecule has 1 amide bonds. The van der Waals surface area contributed by atoms with Gasteiger partial charge in [-0.3, -0.25) is 9.59 Å². The molecule has 0 rings (SSSR count). The molecule has 0 aromatic rings. The average Bonchev–Trinajstić information content (AvgIpc) is 2.35. The SMILES string of the molecule is C=CC(=O)NC(C)(COC)COCCC(=O)OCC. The van der Waals surface area contributed by atoms with Gasteiger partial charge in [-0.2, -0.15) is 0 Å². The third kappa shape index (κ3) is 8.34. The van der Waals surface area contributed by atoms with Crippen LogP contribution in [0.2, 0.25) is 0 Å². The lowest BCUT2D eigenvalue weighted by atomic mass is 10.1. The van der Waals surface area contributed by atoms with Crippen LogP contribution in [0.15, 0.2) is 12.7 Å². The minimum atomic E-state index is -0.658. The van der Waals surface area contributed by atoms with Crippen molar-refractivity contribution in [2.45, 2.75) is 25.8 Å². The Hall–Kier alpha value is -1.40. The van der Waals surface area contributed by atoms with E-state index in [0.29, 0.717) is 13.2 Å². The van der Waals surface area contributed by atoms with Crippen LogP contribution in [0.25, 0.3) is 0 Å². The molecule has 1 atom stereocenters. The van der Waals surface area contributed by atoms with Crippen molar-refractivity contribution >= 4 is 11.9 Å². The number of ether oxygens (including phenoxy) is 3. The molecule has 0 aliphatic rings. The minimum absolute atomic E-state index is 0.187. The first-order chi connectivity index (χ1) is 8.97. The molecule has 0 aromatic carbocycles. The summed E-state index contributed by atoms with van der Waals surface area (Å²) in [5, 5.41) is 2.73. The largest absolute Gasteiger partial charge is 0.466 e. The molecule has 0 radical (unpaired) electrons. The maximum Gasteiger partial charge on any atom is 0.308 e. The van der Waals surface area contributed by atoms with Gasteiger partial charge < -0.3 is 19.5 Å². The average molecular weight is 273 g/mol. The van der Waals surface area contributed by atoms with E-state index in [4.69, 9.17) is 14.2 Å². The molecule has 19 heavy (non-hydrogen) atoms. The lowest BCUT2D eigenvalue weighted by molar-refractivity contribution is -0.144. The second-order valence-electron chi connectivity index (χ2n) is 4.29. The highest BCUT2D eigenvalue weighted by molar-refractivity contribution is 5.87. The van der Waals surface area contributed by atoms with Crippen LogP contribution in [-0.2, 0) is 23.8 Å². The van der Waals surface area contributed by atoms with E-state index in [1.165, 1.54) is 13.2 Å². The highest BCUT2D eigenvalue weighted by Crippen LogP contribution is 2.06. The first-order valence-corrected chi connectivity index (χ1v) is 6.14. The fourth-order valence-electron chi connectivity index (χ4n) is 1.47. The molecule has 0 fully saturated rings. The summed E-state index contributed by atoms with van der Waals surface area (Å²) in [5.41, 5.74) is -0.658. The quantitative estimate of drug-likeness (QED) is 0.360. The van der Waals surface area contributed by atoms with Crippen molar-refractivity contribution in [3.8, 4) is 0 Å². The molecule has 6 heteroatoms. The molecular weight excluding hydrogens is 250 g/mol. The van der Waals surface area contributed by atoms with Gasteiger partial charge in [0.1, 0.15) is 0 Å². The van der Waals surface area contributed by atoms with E-state index in [1.807, 2.05) is 0 Å². The Morgan fingerprint density at radius 1 is 1.37 bits per heavy atom. The Kier molecular flexibility index (Phi) is 8.82. The van der Waals surface area contributed by atoms with Crippen LogP contribution in [0.1, 0.15) is 20.3 Å². The van der Waals surface area contributed by atoms with Gasteiger partial charge in [-0.15, -0.1) is 0 Å². The van der Waals surface area contributed by atoms with Crippen LogP contribution in [-0.4, -0.2) is 51.0 Å². The van der Waals surface area contributed by atoms with E-state index in [0.717, 1.165) is 0 Å². The molecule has 6 nitrogen and oxygen atoms in total. The van der Waals surface area contributed by atoms with Gasteiger partial charge in [-0.1, -0.05) is 6.58 Å². The van der Waals surface area contributed by atoms with Gasteiger partial charge in [-0.05, 0) is 19.9 Å². The normalized spacial score (nSPS) is 13.4. The van der Waals surface area contributed by atoms with Gasteiger partial charge in [0.15, 0.2) is 0 Å². The van der Waals surface area contributed by atoms with E-state index in [-0.39, 0.29) is 31.5 Å². The summed E-state index contributed by atoms with van der Waals surface area (Å²) in [7, 11) is 1.54. The van der Waals surface area contributed by atoms with E-state index in [9.17, 15) is 9.59 Å². The summed E-state index contributed by atoms with van der Waals surface area (Å²) in [6, 6.07) is 0. The van der Waals surface area contributed by atoms with Crippen molar-refractivity contribution in [1.29, 1.82) is 0 Å². The molecule has 0 aliphatic heterocycles. The first-order valence-electron chi connectivity index (χ1n) is 6.14. The standard InChI is InChI=1S/C13H23NO5/c1-5-11(15)14-13(3,9-17-4)10-18-8-7-12(16)19-6-2/h5H,1,6-10H2,2-4H3,(H,14,15). The van der Waals surface area contributed by atoms with Crippen LogP contribution < -0.4 is 5.32 Å². The number of carbonyl (C=O) groups excluding carboxylic acids is 2. The van der Waals surface area contributed by atoms with E-state index in [2.05, 4.69) is 11.9 Å². The number of nitrogens with one attached hydrogen (secondary N) is 1. The molecule has 0 spiro atoms. The number of carbonyl (C=O) groups is 2. The van der Waals surface area contributed by atoms with Gasteiger partial charge in [0.05, 0.1) is 38.4 Å². The van der Waals surface area contributed by atoms with Gasteiger partial charge >= 0.3 is 5.97 Å². The summed E-state index contributed by atoms with van der Waals surface area (Å²) in [6.07, 6.45) is 1.37. The van der Waals surface area contributed by atoms with E-state index in [1.54, 1.807) is 13.8 Å². The maximum absolute atomic E-state index is 11.3. The maximum atomic E-state index is 11.3. The number of esters is 1. The Balaban J connectivity index is 4.09. The third-order valence-electron chi connectivity index (χ3n) is 2.25. The fraction of sp³-hybridized carbons (Fsp3) is 0.692. The van der Waals surface area contributed by atoms with Crippen molar-refractivity contribution in [3.05, 3.63) is 12.7 Å². The predicted octanol–water partition coefficient (Wildman–Crippen LogP) is 0.663. The van der Waals surface area contributed by atoms with Gasteiger partial charge in [0, 0.05) is 7.11 Å². The van der Waals surface area contributed by atoms with Gasteiger partial charge in [0.25, 0.3) is 0 Å². The predicted molar refractivity (Wildman–Crippen MR) is 70.7 cm³/mol. The second-order valence-corrected chi connectivity index (χ2v) is 4.29. The number of amides is 1. The zero-order valence-corrected chi connectivity index (χ0v) is 11.9. The first kappa shape index (κ1) is 17.6. The number of methoxy groups -OCH3 is 1. The molecule has 1 N–H and O–H groups in total. The molecule has 110 valence electrons. The Morgan fingerprint density at radius 3 is 2.58 bits per heavy atom. The molecule has 0 aliphatic carbocycles. The topological polar surface area (TPSA) is 73.9 Å². The molecule has 0 saturated heterocycles. The number of hydrogen-bond donors (Lipinski definition) is 1. The monoisotopic (exact) mass is 273 g/mol. The number of rotatable bonds is 10. The van der Waals surface area contributed by atoms with E-state index < -0.39 is 5.54 Å². The van der Waals surface area contributed by atoms with Crippen molar-refractivity contribution in [3.63, 3.8) is 0 Å². The molecular formula is C13H23NO5. The van der Waals surface area contributed by atoms with Crippen LogP contribution in [0, 0.1) is 0 Å². The highest BCUT2D eigenvalue weighted by atomic mass is 16.5. The Bertz CT molecular complexity index is 305. The highest BCUT2D eigenvalue weighted by Gasteiger charge is 2.26. The van der Waals surface area contributed by atoms with Crippen molar-refractivity contribution in [2.75, 3.05) is 33.5 Å². The molecule has 0 bridgehead atoms. The summed E-state index contributed by atoms with van der Waals surface area (Å²) in [4.78, 5) is 22.4. The van der Waals surface area contributed by atoms with Crippen LogP contribution in [0.4, 0.5) is 0 Å². The Labute approximate surface area is 114 Å². The second kappa shape index (κ2) is 9.52. The lowest BCUT2D eigenvalue weighted by Crippen LogP contribution is -2.52. The summed E-state index contributed by atoms with van der Waals surface area (Å²) in [5.74, 6) is -0.598. The third-order valence-corrected chi connectivity index (χ3v) is 2.25. The van der Waals surface area contributed by atoms with Gasteiger partial charge in [-0.25, -0.2) is 0 Å². The van der Waals surface area contributed by atoms with Crippen molar-refractivity contribution in [1.82, 2.24) is 5.32 Å². The minimum Gasteiger partial charge on any atom is -0.466 e. The zero-order chi connectivity index (χ0) is 14.7. The van der Waals surface area contributed by atoms with E-state index >= 15 is 0 Å². The van der Waals surface area contributed by atoms with Crippen LogP contribution in [0.3, 0.4) is 0 Å². The Morgan fingerprint density at radius 2 is 2.05 bits per heavy atom. The molecule has 1 unspecified atom stereocenters. The summed E-state index contributed by atoms with van der Waals surface area (Å²) < 4.78 is 15.2. The van der Waals surface area contributed by atoms with Crippen molar-refractivity contribution in [2.24, 2.45) is 0 Å². The van der Waals surface area contributed by atoms with Crippen LogP contribution >= 0.6 is 0 Å². The molecule has 0 aromatic heterocycles. The molecule has 0 saturated carbocycles. The fourth-order valence-corrected chi connectivity index (χ4v) is 1.47. The number of hydrogen-bond acceptors (Lipinski definition) is 5. The lowest BCUT2D eigenvalue weighted by Gasteiger charge is -2.29. The van der Waals surface area contributed by atoms with Gasteiger partial charge in [0.2, 0.25) is 5.91 Å². The zero-order valence-electron chi connectivity index (χ0n) is 11.9. The smallest absolute Gasteiger partial charge is 0.308 e. The van der Waals surface area contributed by atoms with Crippen LogP contribution in [0.5, 0.6) is 0 Å². The summed E-state index contributed by atoms with van der Waals surface area (Å²) >= 11 is 0. The molecule has 0 heterocycles. The summed E-state index contributed by atoms with van der Waals surface area (Å²) in [6.45, 7) is 8.06. The van der Waals surface area contributed by atoms with Crippen molar-refractivity contribution < 1.29 is 23.8 Å².